The predicted molar refractivity (Wildman–Crippen MR) is 201 cm³/mol. The van der Waals surface area contributed by atoms with Gasteiger partial charge >= 0.3 is 0 Å². The van der Waals surface area contributed by atoms with Gasteiger partial charge in [-0.2, -0.15) is 0 Å². The largest absolute Gasteiger partial charge is 0.457 e. The molecule has 49 heavy (non-hydrogen) atoms. The van der Waals surface area contributed by atoms with Gasteiger partial charge in [0.05, 0.1) is 16.4 Å². The van der Waals surface area contributed by atoms with Gasteiger partial charge < -0.3 is 9.30 Å². The lowest BCUT2D eigenvalue weighted by molar-refractivity contribution is 0.436. The molecule has 0 bridgehead atoms. The minimum atomic E-state index is -0.516. The zero-order chi connectivity index (χ0) is 32.1. The standard InChI is InChI=1S/C47H29NO/c1-2-15-32(16-3-1)48-43-26-25-31(34-19-12-14-30-13-4-5-17-33(30)34)27-37(43)38-28-36-35-18-6-7-20-39(35)47(42(36)29-44(38)48)40-21-8-10-23-45(40)49-46-24-11-9-22-41(46)47/h1-29H. The van der Waals surface area contributed by atoms with E-state index in [1.54, 1.807) is 0 Å². The van der Waals surface area contributed by atoms with Crippen molar-refractivity contribution in [3.8, 4) is 39.4 Å². The Kier molecular flexibility index (Phi) is 5.34. The van der Waals surface area contributed by atoms with Gasteiger partial charge in [0, 0.05) is 27.6 Å². The second kappa shape index (κ2) is 9.82. The summed E-state index contributed by atoms with van der Waals surface area (Å²) in [6.07, 6.45) is 0. The first-order valence-corrected chi connectivity index (χ1v) is 16.9. The van der Waals surface area contributed by atoms with Crippen molar-refractivity contribution in [2.24, 2.45) is 0 Å². The lowest BCUT2D eigenvalue weighted by Gasteiger charge is -2.39. The molecule has 8 aromatic carbocycles. The highest BCUT2D eigenvalue weighted by Crippen LogP contribution is 2.62. The van der Waals surface area contributed by atoms with E-state index >= 15 is 0 Å². The molecular formula is C47H29NO. The Bertz CT molecular complexity index is 2760. The summed E-state index contributed by atoms with van der Waals surface area (Å²) < 4.78 is 9.05. The van der Waals surface area contributed by atoms with Crippen molar-refractivity contribution in [2.45, 2.75) is 5.41 Å². The summed E-state index contributed by atoms with van der Waals surface area (Å²) in [5.41, 5.74) is 13.0. The monoisotopic (exact) mass is 623 g/mol. The van der Waals surface area contributed by atoms with Gasteiger partial charge in [-0.25, -0.2) is 0 Å². The third kappa shape index (κ3) is 3.50. The summed E-state index contributed by atoms with van der Waals surface area (Å²) in [7, 11) is 0. The van der Waals surface area contributed by atoms with Crippen LogP contribution in [0.1, 0.15) is 22.3 Å². The second-order valence-electron chi connectivity index (χ2n) is 13.2. The van der Waals surface area contributed by atoms with Crippen LogP contribution in [0.25, 0.3) is 60.5 Å². The number of ether oxygens (including phenoxy) is 1. The fraction of sp³-hybridized carbons (Fsp3) is 0.0213. The Morgan fingerprint density at radius 2 is 1.02 bits per heavy atom. The third-order valence-corrected chi connectivity index (χ3v) is 10.8. The number of nitrogens with zero attached hydrogens (tertiary/aromatic N) is 1. The average molecular weight is 624 g/mol. The van der Waals surface area contributed by atoms with Crippen molar-refractivity contribution in [3.05, 3.63) is 198 Å². The number of para-hydroxylation sites is 3. The van der Waals surface area contributed by atoms with E-state index in [0.717, 1.165) is 17.2 Å². The van der Waals surface area contributed by atoms with E-state index in [4.69, 9.17) is 4.74 Å². The minimum Gasteiger partial charge on any atom is -0.457 e. The minimum absolute atomic E-state index is 0.516. The van der Waals surface area contributed by atoms with Gasteiger partial charge in [-0.1, -0.05) is 127 Å². The maximum Gasteiger partial charge on any atom is 0.132 e. The Morgan fingerprint density at radius 1 is 0.388 bits per heavy atom. The lowest BCUT2D eigenvalue weighted by atomic mass is 9.66. The van der Waals surface area contributed by atoms with Crippen molar-refractivity contribution in [3.63, 3.8) is 0 Å². The zero-order valence-corrected chi connectivity index (χ0v) is 26.6. The fourth-order valence-electron chi connectivity index (χ4n) is 8.86. The van der Waals surface area contributed by atoms with Crippen LogP contribution in [0.3, 0.4) is 0 Å². The molecule has 0 amide bonds. The molecule has 0 unspecified atom stereocenters. The van der Waals surface area contributed by atoms with Crippen LogP contribution in [-0.2, 0) is 5.41 Å². The Hall–Kier alpha value is -6.38. The van der Waals surface area contributed by atoms with E-state index in [0.29, 0.717) is 0 Å². The van der Waals surface area contributed by atoms with Gasteiger partial charge in [-0.15, -0.1) is 0 Å². The van der Waals surface area contributed by atoms with Crippen LogP contribution in [0.5, 0.6) is 11.5 Å². The van der Waals surface area contributed by atoms with E-state index in [-0.39, 0.29) is 0 Å². The van der Waals surface area contributed by atoms with Gasteiger partial charge in [0.15, 0.2) is 0 Å². The summed E-state index contributed by atoms with van der Waals surface area (Å²) in [6.45, 7) is 0. The molecule has 2 aliphatic rings. The molecule has 0 saturated carbocycles. The molecule has 11 rings (SSSR count). The number of hydrogen-bond donors (Lipinski definition) is 0. The van der Waals surface area contributed by atoms with Gasteiger partial charge in [-0.05, 0) is 92.7 Å². The number of fused-ring (bicyclic) bond motifs is 13. The first kappa shape index (κ1) is 26.7. The molecular weight excluding hydrogens is 595 g/mol. The number of benzene rings is 8. The summed E-state index contributed by atoms with van der Waals surface area (Å²) in [5, 5.41) is 5.02. The van der Waals surface area contributed by atoms with Gasteiger partial charge in [-0.3, -0.25) is 0 Å². The lowest BCUT2D eigenvalue weighted by Crippen LogP contribution is -2.32. The molecule has 0 saturated heterocycles. The first-order valence-electron chi connectivity index (χ1n) is 16.9. The molecule has 0 atom stereocenters. The van der Waals surface area contributed by atoms with Crippen LogP contribution in [0.2, 0.25) is 0 Å². The molecule has 1 aliphatic heterocycles. The Morgan fingerprint density at radius 3 is 1.84 bits per heavy atom. The van der Waals surface area contributed by atoms with Crippen LogP contribution in [0.15, 0.2) is 176 Å². The molecule has 0 N–H and O–H groups in total. The highest BCUT2D eigenvalue weighted by atomic mass is 16.5. The number of rotatable bonds is 2. The molecule has 2 heterocycles. The van der Waals surface area contributed by atoms with Gasteiger partial charge in [0.25, 0.3) is 0 Å². The third-order valence-electron chi connectivity index (χ3n) is 10.8. The van der Waals surface area contributed by atoms with Crippen molar-refractivity contribution in [1.29, 1.82) is 0 Å². The summed E-state index contributed by atoms with van der Waals surface area (Å²) in [6, 6.07) is 64.2. The predicted octanol–water partition coefficient (Wildman–Crippen LogP) is 12.1. The topological polar surface area (TPSA) is 14.2 Å². The highest BCUT2D eigenvalue weighted by Gasteiger charge is 2.51. The fourth-order valence-corrected chi connectivity index (χ4v) is 8.86. The Labute approximate surface area is 284 Å². The van der Waals surface area contributed by atoms with Crippen molar-refractivity contribution < 1.29 is 4.74 Å². The molecule has 1 spiro atoms. The number of aromatic nitrogens is 1. The van der Waals surface area contributed by atoms with E-state index in [1.165, 1.54) is 77.1 Å². The van der Waals surface area contributed by atoms with Crippen LogP contribution in [0, 0.1) is 0 Å². The van der Waals surface area contributed by atoms with Crippen LogP contribution >= 0.6 is 0 Å². The summed E-state index contributed by atoms with van der Waals surface area (Å²) in [4.78, 5) is 0. The second-order valence-corrected chi connectivity index (χ2v) is 13.2. The van der Waals surface area contributed by atoms with Crippen LogP contribution in [-0.4, -0.2) is 4.57 Å². The number of hydrogen-bond acceptors (Lipinski definition) is 1. The van der Waals surface area contributed by atoms with Crippen LogP contribution in [0.4, 0.5) is 0 Å². The molecule has 2 nitrogen and oxygen atoms in total. The van der Waals surface area contributed by atoms with Gasteiger partial charge in [0.1, 0.15) is 11.5 Å². The van der Waals surface area contributed by atoms with Gasteiger partial charge in [0.2, 0.25) is 0 Å². The Balaban J connectivity index is 1.29. The molecule has 228 valence electrons. The summed E-state index contributed by atoms with van der Waals surface area (Å²) in [5.74, 6) is 1.82. The van der Waals surface area contributed by atoms with E-state index in [9.17, 15) is 0 Å². The molecule has 1 aliphatic carbocycles. The molecule has 2 heteroatoms. The van der Waals surface area contributed by atoms with Crippen molar-refractivity contribution in [1.82, 2.24) is 4.57 Å². The smallest absolute Gasteiger partial charge is 0.132 e. The van der Waals surface area contributed by atoms with Crippen molar-refractivity contribution in [2.75, 3.05) is 0 Å². The highest BCUT2D eigenvalue weighted by molar-refractivity contribution is 6.14. The molecule has 9 aromatic rings. The van der Waals surface area contributed by atoms with Crippen molar-refractivity contribution >= 4 is 32.6 Å². The average Bonchev–Trinajstić information content (AvgIpc) is 3.64. The maximum absolute atomic E-state index is 6.60. The van der Waals surface area contributed by atoms with E-state index in [1.807, 2.05) is 0 Å². The van der Waals surface area contributed by atoms with Crippen LogP contribution < -0.4 is 4.74 Å². The quantitative estimate of drug-likeness (QED) is 0.187. The molecule has 0 radical (unpaired) electrons. The first-order chi connectivity index (χ1) is 24.3. The maximum atomic E-state index is 6.60. The van der Waals surface area contributed by atoms with E-state index < -0.39 is 5.41 Å². The summed E-state index contributed by atoms with van der Waals surface area (Å²) >= 11 is 0. The molecule has 0 fully saturated rings. The normalized spacial score (nSPS) is 13.6. The molecule has 1 aromatic heterocycles. The zero-order valence-electron chi connectivity index (χ0n) is 26.6. The SMILES string of the molecule is c1ccc(-n2c3ccc(-c4cccc5ccccc45)cc3c3cc4c(cc32)C2(c3ccccc3Oc3ccccc32)c2ccccc2-4)cc1. The van der Waals surface area contributed by atoms with E-state index in [2.05, 4.69) is 180 Å².